The van der Waals surface area contributed by atoms with E-state index in [4.69, 9.17) is 15.0 Å². The fraction of sp³-hybridized carbons (Fsp3) is 0.141. The maximum absolute atomic E-state index is 11.2. The van der Waals surface area contributed by atoms with Crippen LogP contribution in [0.1, 0.15) is 77.3 Å². The molecule has 0 saturated heterocycles. The van der Waals surface area contributed by atoms with Gasteiger partial charge in [0, 0.05) is 44.3 Å². The van der Waals surface area contributed by atoms with Crippen molar-refractivity contribution < 1.29 is 0 Å². The van der Waals surface area contributed by atoms with Crippen LogP contribution in [0.2, 0.25) is 0 Å². The Morgan fingerprint density at radius 3 is 1.56 bits per heavy atom. The van der Waals surface area contributed by atoms with Crippen LogP contribution in [-0.2, 0) is 0 Å². The van der Waals surface area contributed by atoms with Gasteiger partial charge in [-0.2, -0.15) is 21.0 Å². The smallest absolute Gasteiger partial charge is 0.165 e. The zero-order valence-corrected chi connectivity index (χ0v) is 39.1. The molecule has 4 aliphatic carbocycles. The summed E-state index contributed by atoms with van der Waals surface area (Å²) in [5.41, 5.74) is 14.4. The van der Waals surface area contributed by atoms with Crippen LogP contribution in [0.5, 0.6) is 0 Å². The van der Waals surface area contributed by atoms with Gasteiger partial charge in [0.05, 0.1) is 57.6 Å². The second-order valence-electron chi connectivity index (χ2n) is 19.6. The van der Waals surface area contributed by atoms with Gasteiger partial charge in [0.1, 0.15) is 0 Å². The normalized spacial score (nSPS) is 17.4. The largest absolute Gasteiger partial charge is 0.309 e. The lowest BCUT2D eigenvalue weighted by Crippen LogP contribution is -2.25. The van der Waals surface area contributed by atoms with Crippen molar-refractivity contribution in [2.45, 2.75) is 43.9 Å². The zero-order chi connectivity index (χ0) is 48.5. The second-order valence-corrected chi connectivity index (χ2v) is 19.6. The molecule has 2 fully saturated rings. The third-order valence-electron chi connectivity index (χ3n) is 15.5. The standard InChI is InChI=1S/C64H42N8/c65-34-38-20-21-46(37-68)52(32-38)60-59-48-28-39-24-40(29-48)27-47(26-39)58(59)57(49-30-41(35-66)25-42(31-49)36-67)56(45-22-23-55-53(33-45)51-18-10-11-19-54(51)72(55)50-16-8-3-9-17-50)61(60)64-70-62(43-12-4-1-5-13-43)69-63(71-64)44-14-6-2-7-15-44/h1-23,25,30-33,39-40,47-48H,24,26-29H2. The molecule has 10 aromatic rings. The average Bonchev–Trinajstić information content (AvgIpc) is 3.67. The highest BCUT2D eigenvalue weighted by Crippen LogP contribution is 2.63. The van der Waals surface area contributed by atoms with Crippen molar-refractivity contribution in [3.63, 3.8) is 0 Å². The summed E-state index contributed by atoms with van der Waals surface area (Å²) < 4.78 is 2.31. The van der Waals surface area contributed by atoms with Crippen molar-refractivity contribution in [3.05, 3.63) is 203 Å². The molecule has 72 heavy (non-hydrogen) atoms. The number of fused-ring (bicyclic) bond motifs is 3. The molecule has 14 rings (SSSR count). The Labute approximate surface area is 417 Å². The Balaban J connectivity index is 1.28. The molecule has 0 amide bonds. The molecule has 4 bridgehead atoms. The van der Waals surface area contributed by atoms with Crippen LogP contribution in [0, 0.1) is 57.2 Å². The third kappa shape index (κ3) is 6.96. The van der Waals surface area contributed by atoms with Crippen molar-refractivity contribution in [1.29, 1.82) is 21.0 Å². The predicted molar refractivity (Wildman–Crippen MR) is 281 cm³/mol. The second kappa shape index (κ2) is 17.2. The molecule has 8 nitrogen and oxygen atoms in total. The van der Waals surface area contributed by atoms with E-state index in [2.05, 4.69) is 95.6 Å². The maximum atomic E-state index is 11.2. The van der Waals surface area contributed by atoms with Crippen LogP contribution >= 0.6 is 0 Å². The monoisotopic (exact) mass is 922 g/mol. The summed E-state index contributed by atoms with van der Waals surface area (Å²) >= 11 is 0. The molecule has 0 spiro atoms. The topological polar surface area (TPSA) is 139 Å². The lowest BCUT2D eigenvalue weighted by Gasteiger charge is -2.38. The van der Waals surface area contributed by atoms with E-state index in [1.807, 2.05) is 84.9 Å². The molecule has 2 unspecified atom stereocenters. The van der Waals surface area contributed by atoms with Crippen molar-refractivity contribution in [2.75, 3.05) is 0 Å². The van der Waals surface area contributed by atoms with Crippen LogP contribution in [-0.4, -0.2) is 19.5 Å². The summed E-state index contributed by atoms with van der Waals surface area (Å²) in [5.74, 6) is 2.63. The Bertz CT molecular complexity index is 3930. The minimum atomic E-state index is 0.111. The quantitative estimate of drug-likeness (QED) is 0.155. The van der Waals surface area contributed by atoms with Crippen molar-refractivity contribution in [2.24, 2.45) is 11.8 Å². The lowest BCUT2D eigenvalue weighted by molar-refractivity contribution is 0.166. The molecule has 8 aromatic carbocycles. The number of aromatic nitrogens is 4. The first-order valence-electron chi connectivity index (χ1n) is 24.6. The van der Waals surface area contributed by atoms with Crippen LogP contribution in [0.15, 0.2) is 170 Å². The van der Waals surface area contributed by atoms with E-state index in [0.717, 1.165) is 97.7 Å². The summed E-state index contributed by atoms with van der Waals surface area (Å²) in [6.07, 6.45) is 5.16. The van der Waals surface area contributed by atoms with Gasteiger partial charge in [-0.25, -0.2) is 15.0 Å². The molecule has 2 aromatic heterocycles. The molecule has 2 heterocycles. The number of hydrogen-bond acceptors (Lipinski definition) is 7. The summed E-state index contributed by atoms with van der Waals surface area (Å²) in [6, 6.07) is 66.1. The third-order valence-corrected chi connectivity index (χ3v) is 15.5. The SMILES string of the molecule is N#Cc1cc(C#N)cc(-c2c(-c3ccc4c(c3)c3ccccc3n4-c3ccccc3)c(-c3nc(-c4ccccc4)nc(-c4ccccc4)n3)c(-c3cc(C#N)ccc3C#N)c3c2C2CC4CC(C2)CC3C4)c1. The minimum Gasteiger partial charge on any atom is -0.309 e. The van der Waals surface area contributed by atoms with Gasteiger partial charge in [-0.15, -0.1) is 0 Å². The van der Waals surface area contributed by atoms with Crippen molar-refractivity contribution in [3.8, 4) is 97.5 Å². The zero-order valence-electron chi connectivity index (χ0n) is 39.1. The molecule has 8 heteroatoms. The number of hydrogen-bond donors (Lipinski definition) is 0. The molecule has 0 aliphatic heterocycles. The number of benzene rings is 8. The van der Waals surface area contributed by atoms with Gasteiger partial charge in [0.25, 0.3) is 0 Å². The summed E-state index contributed by atoms with van der Waals surface area (Å²) in [6.45, 7) is 0. The van der Waals surface area contributed by atoms with Gasteiger partial charge in [-0.3, -0.25) is 0 Å². The van der Waals surface area contributed by atoms with E-state index in [9.17, 15) is 21.0 Å². The van der Waals surface area contributed by atoms with Gasteiger partial charge >= 0.3 is 0 Å². The average molecular weight is 923 g/mol. The van der Waals surface area contributed by atoms with Gasteiger partial charge in [0.2, 0.25) is 0 Å². The Hall–Kier alpha value is -9.47. The highest BCUT2D eigenvalue weighted by atomic mass is 15.0. The molecule has 2 atom stereocenters. The van der Waals surface area contributed by atoms with Crippen LogP contribution < -0.4 is 0 Å². The fourth-order valence-electron chi connectivity index (χ4n) is 12.8. The summed E-state index contributed by atoms with van der Waals surface area (Å²) in [5, 5.41) is 45.3. The van der Waals surface area contributed by atoms with Crippen LogP contribution in [0.3, 0.4) is 0 Å². The van der Waals surface area contributed by atoms with E-state index >= 15 is 0 Å². The van der Waals surface area contributed by atoms with Crippen LogP contribution in [0.4, 0.5) is 0 Å². The van der Waals surface area contributed by atoms with Crippen LogP contribution in [0.25, 0.3) is 95.0 Å². The van der Waals surface area contributed by atoms with E-state index in [-0.39, 0.29) is 11.8 Å². The number of rotatable bonds is 7. The lowest BCUT2D eigenvalue weighted by atomic mass is 9.66. The van der Waals surface area contributed by atoms with Gasteiger partial charge < -0.3 is 4.57 Å². The molecule has 338 valence electrons. The van der Waals surface area contributed by atoms with Crippen molar-refractivity contribution in [1.82, 2.24) is 19.5 Å². The molecule has 0 radical (unpaired) electrons. The molecule has 0 N–H and O–H groups in total. The first-order valence-corrected chi connectivity index (χ1v) is 24.6. The fourth-order valence-corrected chi connectivity index (χ4v) is 12.8. The van der Waals surface area contributed by atoms with E-state index in [1.54, 1.807) is 18.2 Å². The first kappa shape index (κ1) is 42.6. The first-order chi connectivity index (χ1) is 35.5. The number of nitrogens with zero attached hydrogens (tertiary/aromatic N) is 8. The van der Waals surface area contributed by atoms with Gasteiger partial charge in [-0.1, -0.05) is 103 Å². The number of nitriles is 4. The summed E-state index contributed by atoms with van der Waals surface area (Å²) in [7, 11) is 0. The highest BCUT2D eigenvalue weighted by Gasteiger charge is 2.46. The number of para-hydroxylation sites is 2. The highest BCUT2D eigenvalue weighted by molar-refractivity contribution is 6.13. The maximum Gasteiger partial charge on any atom is 0.165 e. The van der Waals surface area contributed by atoms with Gasteiger partial charge in [0.15, 0.2) is 17.5 Å². The molecule has 4 aliphatic rings. The van der Waals surface area contributed by atoms with Gasteiger partial charge in [-0.05, 0) is 156 Å². The Kier molecular flexibility index (Phi) is 10.2. The predicted octanol–water partition coefficient (Wildman–Crippen LogP) is 14.8. The Morgan fingerprint density at radius 2 is 0.944 bits per heavy atom. The van der Waals surface area contributed by atoms with E-state index in [0.29, 0.717) is 62.7 Å². The van der Waals surface area contributed by atoms with E-state index in [1.165, 1.54) is 12.0 Å². The van der Waals surface area contributed by atoms with Crippen molar-refractivity contribution >= 4 is 21.8 Å². The molecule has 2 saturated carbocycles. The molecular formula is C64H42N8. The Morgan fingerprint density at radius 1 is 0.389 bits per heavy atom. The summed E-state index contributed by atoms with van der Waals surface area (Å²) in [4.78, 5) is 16.2. The molecular weight excluding hydrogens is 881 g/mol. The van der Waals surface area contributed by atoms with E-state index < -0.39 is 0 Å². The minimum absolute atomic E-state index is 0.111.